The van der Waals surface area contributed by atoms with Crippen LogP contribution < -0.4 is 5.32 Å². The molecule has 0 saturated carbocycles. The minimum absolute atomic E-state index is 0.170. The second-order valence-corrected chi connectivity index (χ2v) is 6.63. The van der Waals surface area contributed by atoms with E-state index in [1.54, 1.807) is 19.1 Å². The number of para-hydroxylation sites is 1. The topological polar surface area (TPSA) is 68.0 Å². The Hall–Kier alpha value is -2.67. The summed E-state index contributed by atoms with van der Waals surface area (Å²) in [5.74, 6) is 0.607. The summed E-state index contributed by atoms with van der Waals surface area (Å²) in [6, 6.07) is 15.6. The number of nitrogens with one attached hydrogen (secondary N) is 1. The van der Waals surface area contributed by atoms with Crippen LogP contribution in [-0.4, -0.2) is 21.3 Å². The minimum atomic E-state index is -0.461. The Morgan fingerprint density at radius 2 is 1.92 bits per heavy atom. The summed E-state index contributed by atoms with van der Waals surface area (Å²) in [5.41, 5.74) is 1.04. The van der Waals surface area contributed by atoms with E-state index in [0.717, 1.165) is 5.56 Å². The lowest BCUT2D eigenvalue weighted by Crippen LogP contribution is -2.23. The summed E-state index contributed by atoms with van der Waals surface area (Å²) in [5, 5.41) is 6.12. The van der Waals surface area contributed by atoms with Crippen LogP contribution in [0.5, 0.6) is 0 Å². The molecule has 0 aliphatic heterocycles. The normalized spacial score (nSPS) is 11.9. The van der Waals surface area contributed by atoms with Crippen LogP contribution in [0.3, 0.4) is 0 Å². The molecule has 1 aromatic heterocycles. The van der Waals surface area contributed by atoms with Gasteiger partial charge in [-0.3, -0.25) is 4.79 Å². The highest BCUT2D eigenvalue weighted by Gasteiger charge is 2.17. The summed E-state index contributed by atoms with van der Waals surface area (Å²) < 4.78 is 18.8. The van der Waals surface area contributed by atoms with Crippen molar-refractivity contribution in [2.24, 2.45) is 0 Å². The number of benzene rings is 2. The molecule has 0 radical (unpaired) electrons. The molecule has 0 aliphatic rings. The van der Waals surface area contributed by atoms with Gasteiger partial charge in [0.15, 0.2) is 0 Å². The van der Waals surface area contributed by atoms with Crippen LogP contribution in [0.15, 0.2) is 59.1 Å². The molecule has 1 heterocycles. The number of amides is 1. The van der Waals surface area contributed by atoms with Gasteiger partial charge in [0.05, 0.1) is 16.7 Å². The number of hydrogen-bond donors (Lipinski definition) is 1. The van der Waals surface area contributed by atoms with Gasteiger partial charge in [0.2, 0.25) is 17.6 Å². The van der Waals surface area contributed by atoms with Gasteiger partial charge in [-0.05, 0) is 19.1 Å². The molecule has 3 rings (SSSR count). The quantitative estimate of drug-likeness (QED) is 0.718. The molecule has 0 saturated heterocycles. The molecule has 0 aliphatic carbocycles. The van der Waals surface area contributed by atoms with Gasteiger partial charge in [0.1, 0.15) is 5.82 Å². The van der Waals surface area contributed by atoms with E-state index in [1.165, 1.54) is 23.9 Å². The molecular formula is C18H16FN3O2S. The van der Waals surface area contributed by atoms with Gasteiger partial charge in [-0.25, -0.2) is 4.39 Å². The third kappa shape index (κ3) is 4.45. The molecule has 1 atom stereocenters. The van der Waals surface area contributed by atoms with Crippen molar-refractivity contribution in [3.05, 3.63) is 66.3 Å². The first-order chi connectivity index (χ1) is 12.1. The van der Waals surface area contributed by atoms with E-state index < -0.39 is 11.1 Å². The SMILES string of the molecule is C[C@@H](SCc1nc(-c2ccccc2)no1)C(=O)Nc1ccccc1F. The van der Waals surface area contributed by atoms with Gasteiger partial charge in [0.25, 0.3) is 0 Å². The van der Waals surface area contributed by atoms with Crippen LogP contribution in [0.4, 0.5) is 10.1 Å². The van der Waals surface area contributed by atoms with Crippen LogP contribution in [0.1, 0.15) is 12.8 Å². The molecule has 2 aromatic carbocycles. The maximum atomic E-state index is 13.6. The maximum absolute atomic E-state index is 13.6. The number of carbonyl (C=O) groups excluding carboxylic acids is 1. The fraction of sp³-hybridized carbons (Fsp3) is 0.167. The molecule has 128 valence electrons. The molecule has 5 nitrogen and oxygen atoms in total. The van der Waals surface area contributed by atoms with Gasteiger partial charge in [-0.1, -0.05) is 47.6 Å². The molecule has 25 heavy (non-hydrogen) atoms. The number of anilines is 1. The van der Waals surface area contributed by atoms with E-state index in [2.05, 4.69) is 15.5 Å². The predicted molar refractivity (Wildman–Crippen MR) is 95.5 cm³/mol. The summed E-state index contributed by atoms with van der Waals surface area (Å²) >= 11 is 1.34. The van der Waals surface area contributed by atoms with E-state index in [4.69, 9.17) is 4.52 Å². The van der Waals surface area contributed by atoms with E-state index >= 15 is 0 Å². The zero-order valence-electron chi connectivity index (χ0n) is 13.5. The van der Waals surface area contributed by atoms with Crippen LogP contribution in [0.2, 0.25) is 0 Å². The summed E-state index contributed by atoms with van der Waals surface area (Å²) in [4.78, 5) is 16.5. The van der Waals surface area contributed by atoms with Crippen molar-refractivity contribution in [1.29, 1.82) is 0 Å². The third-order valence-electron chi connectivity index (χ3n) is 3.46. The molecule has 1 amide bonds. The van der Waals surface area contributed by atoms with Gasteiger partial charge in [-0.2, -0.15) is 4.98 Å². The Morgan fingerprint density at radius 1 is 1.20 bits per heavy atom. The highest BCUT2D eigenvalue weighted by Crippen LogP contribution is 2.21. The zero-order valence-corrected chi connectivity index (χ0v) is 14.3. The van der Waals surface area contributed by atoms with Gasteiger partial charge < -0.3 is 9.84 Å². The molecule has 0 spiro atoms. The largest absolute Gasteiger partial charge is 0.338 e. The van der Waals surface area contributed by atoms with Crippen LogP contribution >= 0.6 is 11.8 Å². The van der Waals surface area contributed by atoms with Gasteiger partial charge in [0, 0.05) is 5.56 Å². The summed E-state index contributed by atoms with van der Waals surface area (Å²) in [6.07, 6.45) is 0. The van der Waals surface area contributed by atoms with Crippen LogP contribution in [0.25, 0.3) is 11.4 Å². The zero-order chi connectivity index (χ0) is 17.6. The second kappa shape index (κ2) is 7.94. The first-order valence-corrected chi connectivity index (χ1v) is 8.73. The highest BCUT2D eigenvalue weighted by atomic mass is 32.2. The first kappa shape index (κ1) is 17.2. The first-order valence-electron chi connectivity index (χ1n) is 7.68. The Kier molecular flexibility index (Phi) is 5.45. The molecule has 0 fully saturated rings. The van der Waals surface area contributed by atoms with Crippen molar-refractivity contribution in [3.63, 3.8) is 0 Å². The van der Waals surface area contributed by atoms with Crippen molar-refractivity contribution in [3.8, 4) is 11.4 Å². The lowest BCUT2D eigenvalue weighted by molar-refractivity contribution is -0.115. The average Bonchev–Trinajstić information content (AvgIpc) is 3.11. The monoisotopic (exact) mass is 357 g/mol. The molecule has 0 unspecified atom stereocenters. The van der Waals surface area contributed by atoms with E-state index in [9.17, 15) is 9.18 Å². The maximum Gasteiger partial charge on any atom is 0.237 e. The summed E-state index contributed by atoms with van der Waals surface area (Å²) in [7, 11) is 0. The number of rotatable bonds is 6. The Bertz CT molecular complexity index is 854. The van der Waals surface area contributed by atoms with Crippen molar-refractivity contribution < 1.29 is 13.7 Å². The second-order valence-electron chi connectivity index (χ2n) is 5.30. The average molecular weight is 357 g/mol. The smallest absolute Gasteiger partial charge is 0.237 e. The number of carbonyl (C=O) groups is 1. The fourth-order valence-corrected chi connectivity index (χ4v) is 2.81. The van der Waals surface area contributed by atoms with Crippen LogP contribution in [-0.2, 0) is 10.5 Å². The third-order valence-corrected chi connectivity index (χ3v) is 4.59. The van der Waals surface area contributed by atoms with Gasteiger partial charge in [-0.15, -0.1) is 11.8 Å². The van der Waals surface area contributed by atoms with Gasteiger partial charge >= 0.3 is 0 Å². The number of thioether (sulfide) groups is 1. The van der Waals surface area contributed by atoms with Crippen LogP contribution in [0, 0.1) is 5.82 Å². The molecule has 7 heteroatoms. The Balaban J connectivity index is 1.55. The lowest BCUT2D eigenvalue weighted by atomic mass is 10.2. The van der Waals surface area contributed by atoms with Crippen molar-refractivity contribution in [2.45, 2.75) is 17.9 Å². The number of aromatic nitrogens is 2. The van der Waals surface area contributed by atoms with E-state index in [1.807, 2.05) is 30.3 Å². The van der Waals surface area contributed by atoms with E-state index in [0.29, 0.717) is 17.5 Å². The number of nitrogens with zero attached hydrogens (tertiary/aromatic N) is 2. The van der Waals surface area contributed by atoms with Crippen molar-refractivity contribution in [2.75, 3.05) is 5.32 Å². The number of halogens is 1. The van der Waals surface area contributed by atoms with Crippen molar-refractivity contribution >= 4 is 23.4 Å². The minimum Gasteiger partial charge on any atom is -0.338 e. The standard InChI is InChI=1S/C18H16FN3O2S/c1-12(18(23)20-15-10-6-5-9-14(15)19)25-11-16-21-17(22-24-16)13-7-3-2-4-8-13/h2-10,12H,11H2,1H3,(H,20,23)/t12-/m1/s1. The predicted octanol–water partition coefficient (Wildman–Crippen LogP) is 4.14. The molecule has 0 bridgehead atoms. The Labute approximate surface area is 148 Å². The fourth-order valence-electron chi connectivity index (χ4n) is 2.09. The molecule has 3 aromatic rings. The lowest BCUT2D eigenvalue weighted by Gasteiger charge is -2.11. The summed E-state index contributed by atoms with van der Waals surface area (Å²) in [6.45, 7) is 1.75. The highest BCUT2D eigenvalue weighted by molar-refractivity contribution is 7.99. The Morgan fingerprint density at radius 3 is 2.68 bits per heavy atom. The van der Waals surface area contributed by atoms with E-state index in [-0.39, 0.29) is 11.6 Å². The van der Waals surface area contributed by atoms with Crippen molar-refractivity contribution in [1.82, 2.24) is 10.1 Å². The molecular weight excluding hydrogens is 341 g/mol. The number of hydrogen-bond acceptors (Lipinski definition) is 5. The molecule has 1 N–H and O–H groups in total.